The Morgan fingerprint density at radius 3 is 2.35 bits per heavy atom. The van der Waals surface area contributed by atoms with Crippen LogP contribution in [0, 0.1) is 0 Å². The molecular formula is C14H17ClF3N3O2. The first-order chi connectivity index (χ1) is 10.3. The van der Waals surface area contributed by atoms with Crippen LogP contribution in [0.3, 0.4) is 0 Å². The van der Waals surface area contributed by atoms with E-state index in [4.69, 9.17) is 5.73 Å². The fourth-order valence-corrected chi connectivity index (χ4v) is 2.19. The number of amides is 2. The number of nitrogens with two attached hydrogens (primary N) is 1. The van der Waals surface area contributed by atoms with Gasteiger partial charge in [0.05, 0.1) is 12.1 Å². The normalized spacial score (nSPS) is 17.6. The molecule has 2 amide bonds. The maximum atomic E-state index is 12.4. The highest BCUT2D eigenvalue weighted by atomic mass is 35.5. The number of alkyl halides is 3. The van der Waals surface area contributed by atoms with E-state index < -0.39 is 17.6 Å². The quantitative estimate of drug-likeness (QED) is 0.864. The monoisotopic (exact) mass is 351 g/mol. The molecular weight excluding hydrogens is 335 g/mol. The Kier molecular flexibility index (Phi) is 6.40. The van der Waals surface area contributed by atoms with Crippen LogP contribution in [0.5, 0.6) is 0 Å². The Morgan fingerprint density at radius 1 is 1.26 bits per heavy atom. The van der Waals surface area contributed by atoms with Crippen LogP contribution in [0.15, 0.2) is 24.3 Å². The van der Waals surface area contributed by atoms with E-state index >= 15 is 0 Å². The molecule has 2 rings (SSSR count). The summed E-state index contributed by atoms with van der Waals surface area (Å²) in [7, 11) is 0. The van der Waals surface area contributed by atoms with Crippen LogP contribution >= 0.6 is 12.4 Å². The van der Waals surface area contributed by atoms with E-state index in [2.05, 4.69) is 5.32 Å². The van der Waals surface area contributed by atoms with Gasteiger partial charge in [0, 0.05) is 24.7 Å². The molecule has 0 aromatic heterocycles. The molecule has 9 heteroatoms. The molecule has 3 N–H and O–H groups in total. The number of rotatable bonds is 3. The number of carbonyl (C=O) groups excluding carboxylic acids is 2. The Bertz CT molecular complexity index is 563. The van der Waals surface area contributed by atoms with Crippen molar-refractivity contribution in [3.05, 3.63) is 35.4 Å². The molecule has 128 valence electrons. The van der Waals surface area contributed by atoms with Crippen molar-refractivity contribution in [1.82, 2.24) is 10.2 Å². The molecule has 1 aliphatic rings. The highest BCUT2D eigenvalue weighted by Crippen LogP contribution is 2.29. The van der Waals surface area contributed by atoms with E-state index in [1.165, 1.54) is 0 Å². The van der Waals surface area contributed by atoms with Gasteiger partial charge in [0.15, 0.2) is 0 Å². The van der Waals surface area contributed by atoms with Crippen molar-refractivity contribution in [2.45, 2.75) is 18.6 Å². The first-order valence-corrected chi connectivity index (χ1v) is 6.76. The molecule has 1 aliphatic heterocycles. The fourth-order valence-electron chi connectivity index (χ4n) is 2.19. The minimum absolute atomic E-state index is 0. The summed E-state index contributed by atoms with van der Waals surface area (Å²) >= 11 is 0. The number of halogens is 4. The Labute approximate surface area is 137 Å². The zero-order valence-electron chi connectivity index (χ0n) is 12.1. The predicted octanol–water partition coefficient (Wildman–Crippen LogP) is 1.42. The maximum absolute atomic E-state index is 12.4. The summed E-state index contributed by atoms with van der Waals surface area (Å²) in [6.45, 7) is 0.803. The third-order valence-corrected chi connectivity index (χ3v) is 3.45. The largest absolute Gasteiger partial charge is 0.416 e. The van der Waals surface area contributed by atoms with Gasteiger partial charge in [-0.05, 0) is 30.7 Å². The van der Waals surface area contributed by atoms with Crippen molar-refractivity contribution in [2.75, 3.05) is 19.6 Å². The summed E-state index contributed by atoms with van der Waals surface area (Å²) < 4.78 is 37.3. The van der Waals surface area contributed by atoms with Gasteiger partial charge in [0.1, 0.15) is 0 Å². The van der Waals surface area contributed by atoms with Crippen LogP contribution in [-0.2, 0) is 11.0 Å². The summed E-state index contributed by atoms with van der Waals surface area (Å²) in [5, 5.41) is 2.40. The van der Waals surface area contributed by atoms with E-state index in [1.807, 2.05) is 0 Å². The van der Waals surface area contributed by atoms with Crippen LogP contribution in [0.2, 0.25) is 0 Å². The molecule has 0 unspecified atom stereocenters. The summed E-state index contributed by atoms with van der Waals surface area (Å²) in [5.41, 5.74) is 4.93. The second-order valence-electron chi connectivity index (χ2n) is 5.15. The average Bonchev–Trinajstić information content (AvgIpc) is 2.90. The van der Waals surface area contributed by atoms with Gasteiger partial charge < -0.3 is 16.0 Å². The van der Waals surface area contributed by atoms with Crippen LogP contribution in [-0.4, -0.2) is 42.4 Å². The topological polar surface area (TPSA) is 75.4 Å². The molecule has 1 atom stereocenters. The number of nitrogens with one attached hydrogen (secondary N) is 1. The predicted molar refractivity (Wildman–Crippen MR) is 80.2 cm³/mol. The highest BCUT2D eigenvalue weighted by molar-refractivity contribution is 5.96. The molecule has 1 aromatic rings. The summed E-state index contributed by atoms with van der Waals surface area (Å²) in [5.74, 6) is -0.848. The van der Waals surface area contributed by atoms with Crippen molar-refractivity contribution < 1.29 is 22.8 Å². The van der Waals surface area contributed by atoms with Gasteiger partial charge in [-0.15, -0.1) is 12.4 Å². The first kappa shape index (κ1) is 19.2. The maximum Gasteiger partial charge on any atom is 0.416 e. The van der Waals surface area contributed by atoms with Gasteiger partial charge in [-0.3, -0.25) is 9.59 Å². The molecule has 1 aromatic carbocycles. The molecule has 0 aliphatic carbocycles. The molecule has 0 spiro atoms. The summed E-state index contributed by atoms with van der Waals surface area (Å²) in [6, 6.07) is 3.77. The Balaban J connectivity index is 0.00000264. The molecule has 5 nitrogen and oxygen atoms in total. The van der Waals surface area contributed by atoms with Crippen molar-refractivity contribution in [3.8, 4) is 0 Å². The first-order valence-electron chi connectivity index (χ1n) is 6.76. The highest BCUT2D eigenvalue weighted by Gasteiger charge is 2.30. The van der Waals surface area contributed by atoms with Gasteiger partial charge in [0.25, 0.3) is 5.91 Å². The van der Waals surface area contributed by atoms with Crippen LogP contribution in [0.25, 0.3) is 0 Å². The zero-order chi connectivity index (χ0) is 16.3. The van der Waals surface area contributed by atoms with Crippen LogP contribution in [0.1, 0.15) is 22.3 Å². The molecule has 0 radical (unpaired) electrons. The van der Waals surface area contributed by atoms with Crippen molar-refractivity contribution in [2.24, 2.45) is 5.73 Å². The van der Waals surface area contributed by atoms with Crippen molar-refractivity contribution >= 4 is 24.2 Å². The van der Waals surface area contributed by atoms with E-state index in [-0.39, 0.29) is 36.5 Å². The smallest absolute Gasteiger partial charge is 0.343 e. The third-order valence-electron chi connectivity index (χ3n) is 3.45. The molecule has 0 saturated carbocycles. The lowest BCUT2D eigenvalue weighted by Crippen LogP contribution is -2.40. The lowest BCUT2D eigenvalue weighted by atomic mass is 10.1. The van der Waals surface area contributed by atoms with E-state index in [0.717, 1.165) is 30.7 Å². The molecule has 1 heterocycles. The van der Waals surface area contributed by atoms with Crippen LogP contribution < -0.4 is 11.1 Å². The number of hydrogen-bond donors (Lipinski definition) is 2. The van der Waals surface area contributed by atoms with Crippen LogP contribution in [0.4, 0.5) is 13.2 Å². The van der Waals surface area contributed by atoms with Gasteiger partial charge in [0.2, 0.25) is 5.91 Å². The van der Waals surface area contributed by atoms with Gasteiger partial charge in [-0.25, -0.2) is 0 Å². The van der Waals surface area contributed by atoms with E-state index in [1.54, 1.807) is 4.90 Å². The van der Waals surface area contributed by atoms with Crippen molar-refractivity contribution in [3.63, 3.8) is 0 Å². The Hall–Kier alpha value is -1.80. The Morgan fingerprint density at radius 2 is 1.87 bits per heavy atom. The molecule has 23 heavy (non-hydrogen) atoms. The average molecular weight is 352 g/mol. The lowest BCUT2D eigenvalue weighted by Gasteiger charge is -2.16. The number of benzene rings is 1. The third kappa shape index (κ3) is 5.11. The number of carbonyl (C=O) groups is 2. The number of likely N-dealkylation sites (tertiary alicyclic amines) is 1. The molecule has 0 bridgehead atoms. The number of hydrogen-bond acceptors (Lipinski definition) is 3. The SMILES string of the molecule is Cl.N[C@@H]1CCN(C(=O)CNC(=O)c2ccc(C(F)(F)F)cc2)C1. The number of nitrogens with zero attached hydrogens (tertiary/aromatic N) is 1. The summed E-state index contributed by atoms with van der Waals surface area (Å²) in [4.78, 5) is 25.2. The minimum Gasteiger partial charge on any atom is -0.343 e. The second kappa shape index (κ2) is 7.65. The van der Waals surface area contributed by atoms with E-state index in [9.17, 15) is 22.8 Å². The second-order valence-corrected chi connectivity index (χ2v) is 5.15. The molecule has 1 fully saturated rings. The molecule has 1 saturated heterocycles. The van der Waals surface area contributed by atoms with Gasteiger partial charge >= 0.3 is 6.18 Å². The fraction of sp³-hybridized carbons (Fsp3) is 0.429. The van der Waals surface area contributed by atoms with Gasteiger partial charge in [-0.2, -0.15) is 13.2 Å². The van der Waals surface area contributed by atoms with Crippen molar-refractivity contribution in [1.29, 1.82) is 0 Å². The van der Waals surface area contributed by atoms with E-state index in [0.29, 0.717) is 13.1 Å². The zero-order valence-corrected chi connectivity index (χ0v) is 12.9. The summed E-state index contributed by atoms with van der Waals surface area (Å²) in [6.07, 6.45) is -3.72. The lowest BCUT2D eigenvalue weighted by molar-refractivity contribution is -0.137. The minimum atomic E-state index is -4.44. The van der Waals surface area contributed by atoms with Gasteiger partial charge in [-0.1, -0.05) is 0 Å². The standard InChI is InChI=1S/C14H16F3N3O2.ClH/c15-14(16,17)10-3-1-9(2-4-10)13(22)19-7-12(21)20-6-5-11(18)8-20;/h1-4,11H,5-8,18H2,(H,19,22);1H/t11-;/m1./s1.